The Morgan fingerprint density at radius 3 is 2.41 bits per heavy atom. The van der Waals surface area contributed by atoms with Gasteiger partial charge >= 0.3 is 12.1 Å². The average Bonchev–Trinajstić information content (AvgIpc) is 3.72. The van der Waals surface area contributed by atoms with Gasteiger partial charge in [-0.1, -0.05) is 73.9 Å². The predicted octanol–water partition coefficient (Wildman–Crippen LogP) is 3.94. The van der Waals surface area contributed by atoms with Gasteiger partial charge in [-0.3, -0.25) is 44.0 Å². The summed E-state index contributed by atoms with van der Waals surface area (Å²) in [6, 6.07) is 14.2. The van der Waals surface area contributed by atoms with Crippen molar-refractivity contribution in [3.8, 4) is 5.75 Å². The number of unbranched alkanes of at least 4 members (excludes halogenated alkanes) is 1. The van der Waals surface area contributed by atoms with Gasteiger partial charge in [-0.05, 0) is 91.6 Å². The minimum Gasteiger partial charge on any atom is -0.479 e. The zero-order valence-electron chi connectivity index (χ0n) is 44.5. The average molecular weight is 1240 g/mol. The molecule has 1 aromatic heterocycles. The second kappa shape index (κ2) is 28.5. The largest absolute Gasteiger partial charge is 0.479 e. The number of carbonyl (C=O) groups is 8. The number of halogens is 1. The summed E-state index contributed by atoms with van der Waals surface area (Å²) in [7, 11) is 0. The molecule has 0 aliphatic carbocycles. The number of ether oxygens (including phenoxy) is 3. The highest BCUT2D eigenvalue weighted by molar-refractivity contribution is 14.1. The van der Waals surface area contributed by atoms with Crippen molar-refractivity contribution < 1.29 is 73.0 Å². The van der Waals surface area contributed by atoms with Gasteiger partial charge in [-0.2, -0.15) is 0 Å². The van der Waals surface area contributed by atoms with Crippen LogP contribution in [0.3, 0.4) is 0 Å². The number of carbonyl (C=O) groups excluding carboxylic acids is 7. The monoisotopic (exact) mass is 1240 g/mol. The quantitative estimate of drug-likeness (QED) is 0.0191. The molecule has 7 atom stereocenters. The van der Waals surface area contributed by atoms with E-state index >= 15 is 0 Å². The minimum absolute atomic E-state index is 0.0300. The molecule has 0 saturated carbocycles. The second-order valence-corrected chi connectivity index (χ2v) is 24.5. The molecule has 25 heteroatoms. The molecule has 80 heavy (non-hydrogen) atoms. The Bertz CT molecular complexity index is 2750. The summed E-state index contributed by atoms with van der Waals surface area (Å²) in [5, 5.41) is 54.2. The summed E-state index contributed by atoms with van der Waals surface area (Å²) >= 11 is 3.78. The summed E-state index contributed by atoms with van der Waals surface area (Å²) in [6.07, 6.45) is 2.46. The highest BCUT2D eigenvalue weighted by atomic mass is 127. The van der Waals surface area contributed by atoms with Crippen molar-refractivity contribution in [1.29, 1.82) is 0 Å². The molecule has 3 aromatic rings. The third-order valence-corrected chi connectivity index (χ3v) is 18.0. The number of hydrogen-bond donors (Lipinski definition) is 9. The first-order chi connectivity index (χ1) is 38.3. The molecule has 432 valence electrons. The van der Waals surface area contributed by atoms with E-state index in [2.05, 4.69) is 61.1 Å². The molecule has 23 nitrogen and oxygen atoms in total. The number of benzene rings is 2. The molecule has 4 aliphatic rings. The van der Waals surface area contributed by atoms with Crippen LogP contribution in [0.5, 0.6) is 5.75 Å². The zero-order valence-corrected chi connectivity index (χ0v) is 47.4. The van der Waals surface area contributed by atoms with Crippen LogP contribution < -0.4 is 31.3 Å². The van der Waals surface area contributed by atoms with Crippen molar-refractivity contribution in [2.24, 2.45) is 5.92 Å². The van der Waals surface area contributed by atoms with Crippen molar-refractivity contribution >= 4 is 99.3 Å². The Morgan fingerprint density at radius 1 is 0.950 bits per heavy atom. The Kier molecular flexibility index (Phi) is 21.8. The number of likely N-dealkylation sites (tertiary alicyclic amines) is 2. The lowest BCUT2D eigenvalue weighted by molar-refractivity contribution is -0.271. The molecule has 5 heterocycles. The predicted molar refractivity (Wildman–Crippen MR) is 302 cm³/mol. The molecule has 4 fully saturated rings. The van der Waals surface area contributed by atoms with Crippen molar-refractivity contribution in [1.82, 2.24) is 30.7 Å². The van der Waals surface area contributed by atoms with Crippen molar-refractivity contribution in [3.05, 3.63) is 89.8 Å². The number of alkyl halides is 1. The second-order valence-electron chi connectivity index (χ2n) is 20.2. The first kappa shape index (κ1) is 61.4. The van der Waals surface area contributed by atoms with E-state index in [1.54, 1.807) is 53.7 Å². The SMILES string of the molecule is CCCC(I)(CC)SC1CC(=O)N(C2(C(=O)NCCC(=O)Nc3cc(COC(=O)Nc4cccc(C(=O)N5CCC(CCCCNC(=O)/C=C/c6cccnc6)CC5)c4)ccc3OC3OC(C(=O)O)C(O)[C@H](O)[C@@H]3O)CNC2)C1=O. The summed E-state index contributed by atoms with van der Waals surface area (Å²) in [5.74, 6) is -3.93. The van der Waals surface area contributed by atoms with E-state index in [-0.39, 0.29) is 65.1 Å². The Balaban J connectivity index is 0.915. The smallest absolute Gasteiger partial charge is 0.411 e. The topological polar surface area (TPSA) is 325 Å². The van der Waals surface area contributed by atoms with Crippen LogP contribution in [-0.2, 0) is 44.8 Å². The number of aliphatic hydroxyl groups excluding tert-OH is 3. The number of thioether (sulfide) groups is 1. The van der Waals surface area contributed by atoms with Crippen LogP contribution in [0.25, 0.3) is 6.08 Å². The number of rotatable bonds is 25. The fourth-order valence-electron chi connectivity index (χ4n) is 9.80. The van der Waals surface area contributed by atoms with Gasteiger partial charge in [0.15, 0.2) is 11.6 Å². The fourth-order valence-corrected chi connectivity index (χ4v) is 12.7. The lowest BCUT2D eigenvalue weighted by Crippen LogP contribution is -2.76. The van der Waals surface area contributed by atoms with Gasteiger partial charge in [-0.15, -0.1) is 11.8 Å². The molecule has 5 unspecified atom stereocenters. The molecule has 9 N–H and O–H groups in total. The molecule has 7 amide bonds. The summed E-state index contributed by atoms with van der Waals surface area (Å²) in [5.41, 5.74) is 0.232. The Labute approximate surface area is 480 Å². The van der Waals surface area contributed by atoms with E-state index in [0.717, 1.165) is 61.8 Å². The summed E-state index contributed by atoms with van der Waals surface area (Å²) in [4.78, 5) is 112. The Morgan fingerprint density at radius 2 is 1.73 bits per heavy atom. The summed E-state index contributed by atoms with van der Waals surface area (Å²) < 4.78 is 16.3. The van der Waals surface area contributed by atoms with Gasteiger partial charge in [0.25, 0.3) is 5.91 Å². The number of nitrogens with one attached hydrogen (secondary N) is 5. The molecular weight excluding hydrogens is 1170 g/mol. The molecule has 0 radical (unpaired) electrons. The molecule has 4 saturated heterocycles. The number of carboxylic acid groups (broad SMARTS) is 1. The van der Waals surface area contributed by atoms with E-state index in [1.165, 1.54) is 36.0 Å². The molecule has 0 spiro atoms. The van der Waals surface area contributed by atoms with Crippen LogP contribution in [0, 0.1) is 5.92 Å². The van der Waals surface area contributed by atoms with E-state index in [1.807, 2.05) is 13.0 Å². The molecule has 4 aliphatic heterocycles. The standard InChI is InChI=1S/C55H69IN8O15S/c1-3-20-55(56,4-2)80-40-28-43(67)64(49(40)72)54(31-58-32-54)52(75)60-23-17-42(66)62-38-26-35(13-15-39(38)78-51-46(70)44(68)45(69)47(79-51)50(73)74)30-77-53(76)61-37-12-7-11-36(27-37)48(71)63-24-18-33(19-25-63)9-5-6-22-59-41(65)16-14-34-10-8-21-57-29-34/h7-8,10-16,21,26-27,29,33,40,44-47,51,58,68-70H,3-6,9,17-20,22-25,28,30-32H2,1-2H3,(H,59,65)(H,60,75)(H,61,76)(H,62,66)(H,73,74)/b16-14+/t40?,44-,45?,46-,47?,51?,55?/m0/s1. The number of aliphatic hydroxyl groups is 3. The van der Waals surface area contributed by atoms with Crippen molar-refractivity contribution in [2.45, 2.75) is 129 Å². The maximum absolute atomic E-state index is 13.8. The Hall–Kier alpha value is -6.23. The lowest BCUT2D eigenvalue weighted by atomic mass is 9.89. The van der Waals surface area contributed by atoms with Crippen LogP contribution in [0.2, 0.25) is 0 Å². The van der Waals surface area contributed by atoms with Crippen LogP contribution >= 0.6 is 34.4 Å². The number of aromatic nitrogens is 1. The van der Waals surface area contributed by atoms with Gasteiger partial charge in [0.2, 0.25) is 35.8 Å². The lowest BCUT2D eigenvalue weighted by Gasteiger charge is -2.46. The van der Waals surface area contributed by atoms with Crippen LogP contribution in [-0.4, -0.2) is 166 Å². The molecule has 7 rings (SSSR count). The number of aliphatic carboxylic acids is 1. The maximum atomic E-state index is 13.8. The van der Waals surface area contributed by atoms with E-state index in [9.17, 15) is 58.8 Å². The van der Waals surface area contributed by atoms with Crippen LogP contribution in [0.15, 0.2) is 73.1 Å². The number of amides is 7. The highest BCUT2D eigenvalue weighted by Gasteiger charge is 2.58. The van der Waals surface area contributed by atoms with Crippen LogP contribution in [0.4, 0.5) is 16.2 Å². The number of nitrogens with zero attached hydrogens (tertiary/aromatic N) is 3. The van der Waals surface area contributed by atoms with E-state index in [4.69, 9.17) is 14.2 Å². The number of piperidine rings is 1. The molecule has 0 bridgehead atoms. The highest BCUT2D eigenvalue weighted by Crippen LogP contribution is 2.47. The van der Waals surface area contributed by atoms with Gasteiger partial charge in [0, 0.05) is 81.8 Å². The van der Waals surface area contributed by atoms with Gasteiger partial charge < -0.3 is 60.8 Å². The third-order valence-electron chi connectivity index (χ3n) is 14.4. The number of carboxylic acids is 1. The first-order valence-electron chi connectivity index (χ1n) is 26.8. The number of imide groups is 1. The number of hydrogen-bond acceptors (Lipinski definition) is 17. The minimum atomic E-state index is -2.00. The van der Waals surface area contributed by atoms with Gasteiger partial charge in [0.05, 0.1) is 13.7 Å². The normalized spacial score (nSPS) is 22.7. The van der Waals surface area contributed by atoms with Crippen LogP contribution in [0.1, 0.15) is 99.5 Å². The number of pyridine rings is 1. The maximum Gasteiger partial charge on any atom is 0.411 e. The van der Waals surface area contributed by atoms with E-state index < -0.39 is 77.2 Å². The van der Waals surface area contributed by atoms with Crippen molar-refractivity contribution in [2.75, 3.05) is 49.9 Å². The first-order valence-corrected chi connectivity index (χ1v) is 28.7. The fraction of sp³-hybridized carbons (Fsp3) is 0.509. The van der Waals surface area contributed by atoms with Gasteiger partial charge in [-0.25, -0.2) is 9.59 Å². The van der Waals surface area contributed by atoms with Gasteiger partial charge in [0.1, 0.15) is 30.7 Å². The summed E-state index contributed by atoms with van der Waals surface area (Å²) in [6.45, 7) is 5.25. The number of anilines is 2. The van der Waals surface area contributed by atoms with Crippen molar-refractivity contribution in [3.63, 3.8) is 0 Å². The van der Waals surface area contributed by atoms with E-state index in [0.29, 0.717) is 42.4 Å². The third kappa shape index (κ3) is 15.8. The molecule has 2 aromatic carbocycles. The zero-order chi connectivity index (χ0) is 57.6. The molecular formula is C55H69IN8O15S.